The molecule has 62 valence electrons. The van der Waals surface area contributed by atoms with Gasteiger partial charge in [0.2, 0.25) is 0 Å². The van der Waals surface area contributed by atoms with Crippen LogP contribution in [0.1, 0.15) is 10.5 Å². The van der Waals surface area contributed by atoms with Crippen molar-refractivity contribution in [1.29, 1.82) is 0 Å². The molecule has 0 atom stereocenters. The van der Waals surface area contributed by atoms with Gasteiger partial charge in [-0.25, -0.2) is 0 Å². The van der Waals surface area contributed by atoms with Crippen LogP contribution in [0.2, 0.25) is 0 Å². The minimum Gasteiger partial charge on any atom is -0.339 e. The summed E-state index contributed by atoms with van der Waals surface area (Å²) in [6.07, 6.45) is 0. The third kappa shape index (κ3) is 0.930. The van der Waals surface area contributed by atoms with Gasteiger partial charge in [-0.15, -0.1) is 0 Å². The predicted octanol–water partition coefficient (Wildman–Crippen LogP) is -1.77. The van der Waals surface area contributed by atoms with E-state index in [-0.39, 0.29) is 5.91 Å². The molecule has 0 aliphatic carbocycles. The minimum absolute atomic E-state index is 0.0712. The normalized spacial score (nSPS) is 16.4. The Kier molecular flexibility index (Phi) is 1.46. The van der Waals surface area contributed by atoms with Gasteiger partial charge in [0.25, 0.3) is 5.91 Å². The summed E-state index contributed by atoms with van der Waals surface area (Å²) in [4.78, 5) is 13.2. The lowest BCUT2D eigenvalue weighted by molar-refractivity contribution is 0.0743. The van der Waals surface area contributed by atoms with Gasteiger partial charge in [0.1, 0.15) is 5.69 Å². The van der Waals surface area contributed by atoms with E-state index < -0.39 is 0 Å². The summed E-state index contributed by atoms with van der Waals surface area (Å²) in [5.41, 5.74) is 1.62. The van der Waals surface area contributed by atoms with Crippen molar-refractivity contribution < 1.29 is 4.79 Å². The largest absolute Gasteiger partial charge is 0.339 e. The van der Waals surface area contributed by atoms with Crippen LogP contribution in [-0.2, 0) is 6.54 Å². The second-order valence-electron chi connectivity index (χ2n) is 3.12. The zero-order valence-corrected chi connectivity index (χ0v) is 7.24. The maximum atomic E-state index is 11.5. The lowest BCUT2D eigenvalue weighted by Crippen LogP contribution is -2.37. The average molecular weight is 163 g/mol. The molecule has 0 fully saturated rings. The van der Waals surface area contributed by atoms with Crippen molar-refractivity contribution in [2.75, 3.05) is 13.6 Å². The highest BCUT2D eigenvalue weighted by atomic mass is 16.2. The minimum atomic E-state index is 0.0712. The van der Waals surface area contributed by atoms with Crippen LogP contribution in [0.25, 0.3) is 0 Å². The number of hydrogen-bond acceptors (Lipinski definition) is 2. The smallest absolute Gasteiger partial charge is 0.271 e. The summed E-state index contributed by atoms with van der Waals surface area (Å²) in [7, 11) is 3.72. The van der Waals surface area contributed by atoms with Crippen LogP contribution in [0.4, 0.5) is 0 Å². The highest BCUT2D eigenvalue weighted by Gasteiger charge is 2.22. The number of carbonyl (C=O) groups excluding carboxylic acids is 1. The third-order valence-electron chi connectivity index (χ3n) is 2.12. The fraction of sp³-hybridized carbons (Fsp3) is 0.429. The summed E-state index contributed by atoms with van der Waals surface area (Å²) in [6.45, 7) is 1.57. The molecule has 0 unspecified atom stereocenters. The van der Waals surface area contributed by atoms with Crippen molar-refractivity contribution in [2.45, 2.75) is 6.54 Å². The molecular formula is C7H10BN3O. The molecule has 0 spiro atoms. The molecule has 2 rings (SSSR count). The SMILES string of the molecule is Bc1cc2n(n1)CCN(C)C2=O. The monoisotopic (exact) mass is 163 g/mol. The molecule has 0 radical (unpaired) electrons. The van der Waals surface area contributed by atoms with E-state index in [0.717, 1.165) is 18.7 Å². The molecule has 0 N–H and O–H groups in total. The fourth-order valence-corrected chi connectivity index (χ4v) is 1.43. The lowest BCUT2D eigenvalue weighted by atomic mass is 10.1. The molecule has 4 nitrogen and oxygen atoms in total. The van der Waals surface area contributed by atoms with Gasteiger partial charge in [-0.2, -0.15) is 5.10 Å². The molecule has 0 saturated carbocycles. The Balaban J connectivity index is 2.48. The van der Waals surface area contributed by atoms with Crippen LogP contribution in [0.5, 0.6) is 0 Å². The second kappa shape index (κ2) is 2.37. The molecule has 1 aromatic heterocycles. The highest BCUT2D eigenvalue weighted by Crippen LogP contribution is 2.07. The van der Waals surface area contributed by atoms with Gasteiger partial charge >= 0.3 is 0 Å². The summed E-state index contributed by atoms with van der Waals surface area (Å²) < 4.78 is 1.78. The summed E-state index contributed by atoms with van der Waals surface area (Å²) in [6, 6.07) is 1.83. The van der Waals surface area contributed by atoms with Gasteiger partial charge in [0, 0.05) is 19.2 Å². The second-order valence-corrected chi connectivity index (χ2v) is 3.12. The maximum Gasteiger partial charge on any atom is 0.271 e. The Morgan fingerprint density at radius 1 is 1.58 bits per heavy atom. The van der Waals surface area contributed by atoms with Gasteiger partial charge in [-0.1, -0.05) is 0 Å². The number of hydrogen-bond donors (Lipinski definition) is 0. The fourth-order valence-electron chi connectivity index (χ4n) is 1.43. The maximum absolute atomic E-state index is 11.5. The molecule has 0 saturated heterocycles. The van der Waals surface area contributed by atoms with Gasteiger partial charge in [-0.05, 0) is 6.07 Å². The first-order chi connectivity index (χ1) is 5.68. The Morgan fingerprint density at radius 2 is 2.33 bits per heavy atom. The Labute approximate surface area is 71.6 Å². The van der Waals surface area contributed by atoms with E-state index in [1.807, 2.05) is 21.0 Å². The van der Waals surface area contributed by atoms with Crippen LogP contribution < -0.4 is 5.59 Å². The van der Waals surface area contributed by atoms with Crippen LogP contribution in [-0.4, -0.2) is 42.0 Å². The first kappa shape index (κ1) is 7.40. The van der Waals surface area contributed by atoms with Gasteiger partial charge in [0.15, 0.2) is 7.85 Å². The van der Waals surface area contributed by atoms with Crippen LogP contribution in [0.15, 0.2) is 6.07 Å². The lowest BCUT2D eigenvalue weighted by Gasteiger charge is -2.22. The van der Waals surface area contributed by atoms with E-state index >= 15 is 0 Å². The number of amides is 1. The first-order valence-corrected chi connectivity index (χ1v) is 3.98. The van der Waals surface area contributed by atoms with E-state index in [9.17, 15) is 4.79 Å². The summed E-state index contributed by atoms with van der Waals surface area (Å²) in [5.74, 6) is 0.0712. The third-order valence-corrected chi connectivity index (χ3v) is 2.12. The molecule has 0 bridgehead atoms. The average Bonchev–Trinajstić information content (AvgIpc) is 2.39. The van der Waals surface area contributed by atoms with Crippen molar-refractivity contribution in [3.8, 4) is 0 Å². The topological polar surface area (TPSA) is 38.1 Å². The number of fused-ring (bicyclic) bond motifs is 1. The molecule has 1 aliphatic rings. The van der Waals surface area contributed by atoms with Crippen molar-refractivity contribution in [2.24, 2.45) is 0 Å². The molecule has 0 aromatic carbocycles. The van der Waals surface area contributed by atoms with Gasteiger partial charge < -0.3 is 4.90 Å². The first-order valence-electron chi connectivity index (χ1n) is 3.98. The molecule has 1 aromatic rings. The Morgan fingerprint density at radius 3 is 3.08 bits per heavy atom. The number of carbonyl (C=O) groups is 1. The molecule has 2 heterocycles. The van der Waals surface area contributed by atoms with E-state index in [0.29, 0.717) is 5.69 Å². The quantitative estimate of drug-likeness (QED) is 0.424. The van der Waals surface area contributed by atoms with Gasteiger partial charge in [-0.3, -0.25) is 9.48 Å². The van der Waals surface area contributed by atoms with Crippen molar-refractivity contribution in [3.63, 3.8) is 0 Å². The van der Waals surface area contributed by atoms with Crippen molar-refractivity contribution in [1.82, 2.24) is 14.7 Å². The van der Waals surface area contributed by atoms with Crippen molar-refractivity contribution >= 4 is 19.3 Å². The summed E-state index contributed by atoms with van der Waals surface area (Å²) in [5, 5.41) is 4.21. The van der Waals surface area contributed by atoms with E-state index in [1.54, 1.807) is 9.58 Å². The number of aromatic nitrogens is 2. The molecular weight excluding hydrogens is 153 g/mol. The van der Waals surface area contributed by atoms with Crippen LogP contribution in [0, 0.1) is 0 Å². The highest BCUT2D eigenvalue weighted by molar-refractivity contribution is 6.31. The number of likely N-dealkylation sites (N-methyl/N-ethyl adjacent to an activating group) is 1. The number of rotatable bonds is 0. The van der Waals surface area contributed by atoms with E-state index in [2.05, 4.69) is 5.10 Å². The van der Waals surface area contributed by atoms with Crippen molar-refractivity contribution in [3.05, 3.63) is 11.8 Å². The predicted molar refractivity (Wildman–Crippen MR) is 47.4 cm³/mol. The molecule has 5 heteroatoms. The summed E-state index contributed by atoms with van der Waals surface area (Å²) >= 11 is 0. The Hall–Kier alpha value is -1.26. The molecule has 12 heavy (non-hydrogen) atoms. The Bertz CT molecular complexity index is 333. The zero-order chi connectivity index (χ0) is 8.72. The zero-order valence-electron chi connectivity index (χ0n) is 7.24. The standard InChI is InChI=1S/C7H10BN3O/c1-10-2-3-11-5(7(10)12)4-6(8)9-11/h4H,2-3,8H2,1H3. The van der Waals surface area contributed by atoms with Crippen LogP contribution in [0.3, 0.4) is 0 Å². The number of nitrogens with zero attached hydrogens (tertiary/aromatic N) is 3. The van der Waals surface area contributed by atoms with E-state index in [1.165, 1.54) is 0 Å². The van der Waals surface area contributed by atoms with Gasteiger partial charge in [0.05, 0.1) is 6.54 Å². The molecule has 1 amide bonds. The van der Waals surface area contributed by atoms with Crippen LogP contribution >= 0.6 is 0 Å². The van der Waals surface area contributed by atoms with E-state index in [4.69, 9.17) is 0 Å². The molecule has 1 aliphatic heterocycles.